The molecule has 3 aromatic heterocycles. The molecule has 168 valence electrons. The van der Waals surface area contributed by atoms with Gasteiger partial charge in [0, 0.05) is 53.3 Å². The van der Waals surface area contributed by atoms with Crippen molar-refractivity contribution in [3.8, 4) is 33.9 Å². The van der Waals surface area contributed by atoms with Gasteiger partial charge in [-0.1, -0.05) is 12.1 Å². The van der Waals surface area contributed by atoms with E-state index in [4.69, 9.17) is 15.2 Å². The minimum atomic E-state index is -1.08. The summed E-state index contributed by atoms with van der Waals surface area (Å²) in [7, 11) is 0. The first kappa shape index (κ1) is 20.2. The quantitative estimate of drug-likeness (QED) is 0.443. The van der Waals surface area contributed by atoms with Crippen molar-refractivity contribution < 1.29 is 18.3 Å². The van der Waals surface area contributed by atoms with Crippen molar-refractivity contribution in [2.75, 3.05) is 6.61 Å². The number of aliphatic imine (C=N–C) groups is 1. The average molecular weight is 457 g/mol. The number of pyridine rings is 3. The van der Waals surface area contributed by atoms with Crippen LogP contribution in [0.15, 0.2) is 72.1 Å². The lowest BCUT2D eigenvalue weighted by Gasteiger charge is -2.39. The zero-order valence-electron chi connectivity index (χ0n) is 17.7. The molecule has 1 aromatic carbocycles. The molecular formula is C25H17F2N5O2. The van der Waals surface area contributed by atoms with E-state index >= 15 is 4.39 Å². The smallest absolute Gasteiger partial charge is 0.283 e. The molecule has 1 atom stereocenters. The highest BCUT2D eigenvalue weighted by Gasteiger charge is 2.46. The molecule has 5 heterocycles. The first-order chi connectivity index (χ1) is 16.5. The highest BCUT2D eigenvalue weighted by Crippen LogP contribution is 2.53. The summed E-state index contributed by atoms with van der Waals surface area (Å²) >= 11 is 0. The van der Waals surface area contributed by atoms with Gasteiger partial charge in [-0.05, 0) is 35.9 Å². The number of benzene rings is 1. The fraction of sp³-hybridized carbons (Fsp3) is 0.120. The Labute approximate surface area is 193 Å². The van der Waals surface area contributed by atoms with Crippen molar-refractivity contribution in [2.24, 2.45) is 10.7 Å². The van der Waals surface area contributed by atoms with Crippen LogP contribution in [0.2, 0.25) is 0 Å². The number of halogens is 2. The molecular weight excluding hydrogens is 440 g/mol. The van der Waals surface area contributed by atoms with Crippen LogP contribution in [0.5, 0.6) is 11.5 Å². The number of rotatable bonds is 2. The van der Waals surface area contributed by atoms with Crippen molar-refractivity contribution in [1.29, 1.82) is 0 Å². The molecule has 0 radical (unpaired) electrons. The van der Waals surface area contributed by atoms with E-state index in [9.17, 15) is 4.39 Å². The summed E-state index contributed by atoms with van der Waals surface area (Å²) < 4.78 is 40.5. The van der Waals surface area contributed by atoms with Crippen LogP contribution in [0, 0.1) is 11.9 Å². The molecule has 0 aliphatic carbocycles. The van der Waals surface area contributed by atoms with Crippen molar-refractivity contribution >= 4 is 6.02 Å². The van der Waals surface area contributed by atoms with Crippen LogP contribution in [0.25, 0.3) is 22.4 Å². The maximum Gasteiger partial charge on any atom is 0.283 e. The van der Waals surface area contributed by atoms with Crippen LogP contribution in [0.1, 0.15) is 17.5 Å². The molecule has 0 bridgehead atoms. The minimum absolute atomic E-state index is 0.00874. The summed E-state index contributed by atoms with van der Waals surface area (Å²) in [6, 6.07) is 13.8. The van der Waals surface area contributed by atoms with Crippen LogP contribution in [0.4, 0.5) is 8.78 Å². The van der Waals surface area contributed by atoms with Gasteiger partial charge in [0.1, 0.15) is 11.3 Å². The number of ether oxygens (including phenoxy) is 2. The summed E-state index contributed by atoms with van der Waals surface area (Å²) in [4.78, 5) is 16.5. The largest absolute Gasteiger partial charge is 0.465 e. The molecule has 0 saturated heterocycles. The normalized spacial score (nSPS) is 18.4. The van der Waals surface area contributed by atoms with Crippen LogP contribution < -0.4 is 10.5 Å². The van der Waals surface area contributed by atoms with Crippen LogP contribution in [0.3, 0.4) is 0 Å². The standard InChI is InChI=1S/C25H17F2N5O2/c26-21-11-15(5-8-30-21)19-12-18-22(23(27)31-19)34-20-4-3-14(16-2-1-7-29-13-16)10-17(20)25(18)6-9-33-24(28)32-25/h1-5,7-8,10-13H,6,9H2,(H2,28,32)/t25-/m1/s1. The lowest BCUT2D eigenvalue weighted by atomic mass is 9.77. The topological polar surface area (TPSA) is 95.5 Å². The molecule has 2 N–H and O–H groups in total. The predicted octanol–water partition coefficient (Wildman–Crippen LogP) is 4.57. The molecule has 0 saturated carbocycles. The van der Waals surface area contributed by atoms with Gasteiger partial charge in [0.05, 0.1) is 12.3 Å². The average Bonchev–Trinajstić information content (AvgIpc) is 2.85. The first-order valence-electron chi connectivity index (χ1n) is 10.6. The second-order valence-electron chi connectivity index (χ2n) is 8.01. The fourth-order valence-electron chi connectivity index (χ4n) is 4.50. The van der Waals surface area contributed by atoms with E-state index in [1.54, 1.807) is 30.6 Å². The van der Waals surface area contributed by atoms with E-state index in [1.165, 1.54) is 12.3 Å². The maximum absolute atomic E-state index is 15.3. The number of amidine groups is 1. The number of nitrogens with zero attached hydrogens (tertiary/aromatic N) is 4. The second kappa shape index (κ2) is 7.58. The van der Waals surface area contributed by atoms with Gasteiger partial charge < -0.3 is 15.2 Å². The molecule has 9 heteroatoms. The minimum Gasteiger partial charge on any atom is -0.465 e. The van der Waals surface area contributed by atoms with Gasteiger partial charge in [-0.15, -0.1) is 0 Å². The summed E-state index contributed by atoms with van der Waals surface area (Å²) in [6.07, 6.45) is 5.15. The lowest BCUT2D eigenvalue weighted by Crippen LogP contribution is -2.39. The van der Waals surface area contributed by atoms with Gasteiger partial charge in [-0.25, -0.2) is 15.0 Å². The monoisotopic (exact) mass is 457 g/mol. The molecule has 34 heavy (non-hydrogen) atoms. The number of aromatic nitrogens is 3. The van der Waals surface area contributed by atoms with Gasteiger partial charge in [0.2, 0.25) is 5.95 Å². The predicted molar refractivity (Wildman–Crippen MR) is 120 cm³/mol. The highest BCUT2D eigenvalue weighted by atomic mass is 19.1. The fourth-order valence-corrected chi connectivity index (χ4v) is 4.50. The van der Waals surface area contributed by atoms with Gasteiger partial charge >= 0.3 is 0 Å². The Bertz CT molecular complexity index is 1460. The summed E-state index contributed by atoms with van der Waals surface area (Å²) in [5.41, 5.74) is 8.50. The van der Waals surface area contributed by atoms with Gasteiger partial charge in [-0.2, -0.15) is 8.78 Å². The second-order valence-corrected chi connectivity index (χ2v) is 8.01. The molecule has 4 aromatic rings. The third-order valence-electron chi connectivity index (χ3n) is 6.05. The Morgan fingerprint density at radius 2 is 1.85 bits per heavy atom. The van der Waals surface area contributed by atoms with Crippen molar-refractivity contribution in [3.05, 3.63) is 90.1 Å². The van der Waals surface area contributed by atoms with Crippen molar-refractivity contribution in [3.63, 3.8) is 0 Å². The molecule has 1 spiro atoms. The Morgan fingerprint density at radius 1 is 0.941 bits per heavy atom. The first-order valence-corrected chi connectivity index (χ1v) is 10.6. The molecule has 0 fully saturated rings. The molecule has 7 nitrogen and oxygen atoms in total. The number of nitrogens with two attached hydrogens (primary N) is 1. The molecule has 6 rings (SSSR count). The third-order valence-corrected chi connectivity index (χ3v) is 6.05. The maximum atomic E-state index is 15.3. The Kier molecular flexibility index (Phi) is 4.51. The van der Waals surface area contributed by atoms with Gasteiger partial charge in [0.15, 0.2) is 5.75 Å². The molecule has 0 unspecified atom stereocenters. The summed E-state index contributed by atoms with van der Waals surface area (Å²) in [5.74, 6) is -1.12. The Hall–Kier alpha value is -4.40. The summed E-state index contributed by atoms with van der Waals surface area (Å²) in [6.45, 7) is 0.272. The zero-order chi connectivity index (χ0) is 23.3. The van der Waals surface area contributed by atoms with E-state index in [2.05, 4.69) is 19.9 Å². The van der Waals surface area contributed by atoms with Crippen LogP contribution in [-0.4, -0.2) is 27.6 Å². The molecule has 0 amide bonds. The number of fused-ring (bicyclic) bond motifs is 4. The van der Waals surface area contributed by atoms with E-state index in [1.807, 2.05) is 24.3 Å². The molecule has 2 aliphatic rings. The lowest BCUT2D eigenvalue weighted by molar-refractivity contribution is 0.217. The van der Waals surface area contributed by atoms with E-state index in [0.29, 0.717) is 28.9 Å². The Balaban J connectivity index is 1.60. The third kappa shape index (κ3) is 3.16. The van der Waals surface area contributed by atoms with Gasteiger partial charge in [0.25, 0.3) is 12.0 Å². The summed E-state index contributed by atoms with van der Waals surface area (Å²) in [5, 5.41) is 0. The van der Waals surface area contributed by atoms with E-state index in [-0.39, 0.29) is 24.1 Å². The van der Waals surface area contributed by atoms with E-state index < -0.39 is 17.4 Å². The van der Waals surface area contributed by atoms with Crippen LogP contribution in [-0.2, 0) is 10.3 Å². The van der Waals surface area contributed by atoms with Crippen LogP contribution >= 0.6 is 0 Å². The van der Waals surface area contributed by atoms with Gasteiger partial charge in [-0.3, -0.25) is 4.98 Å². The SMILES string of the molecule is NC1=N[C@]2(CCO1)c1cc(-c3cccnc3)ccc1Oc1c2cc(-c2ccnc(F)c2)nc1F. The zero-order valence-corrected chi connectivity index (χ0v) is 17.7. The number of hydrogen-bond acceptors (Lipinski definition) is 7. The Morgan fingerprint density at radius 3 is 2.65 bits per heavy atom. The van der Waals surface area contributed by atoms with Crippen molar-refractivity contribution in [1.82, 2.24) is 15.0 Å². The van der Waals surface area contributed by atoms with Crippen molar-refractivity contribution in [2.45, 2.75) is 12.0 Å². The van der Waals surface area contributed by atoms with E-state index in [0.717, 1.165) is 11.1 Å². The number of hydrogen-bond donors (Lipinski definition) is 1. The highest BCUT2D eigenvalue weighted by molar-refractivity contribution is 5.77. The molecule has 2 aliphatic heterocycles.